The van der Waals surface area contributed by atoms with Gasteiger partial charge in [0.1, 0.15) is 0 Å². The molecule has 0 radical (unpaired) electrons. The molecule has 0 aliphatic rings. The second kappa shape index (κ2) is 90.4. The quantitative estimate of drug-likeness (QED) is 0.382. The summed E-state index contributed by atoms with van der Waals surface area (Å²) in [5, 5.41) is 7.60. The fourth-order valence-corrected chi connectivity index (χ4v) is 0. The molecular formula is C2H7AlCl7NO3Zr. The molecule has 0 heterocycles. The number of hydrogen-bond donors (Lipinski definition) is 2. The van der Waals surface area contributed by atoms with Crippen LogP contribution in [0.5, 0.6) is 0 Å². The zero-order chi connectivity index (χ0) is 4.28. The number of aliphatic carboxylic acids is 1. The van der Waals surface area contributed by atoms with Crippen molar-refractivity contribution in [1.82, 2.24) is 0 Å². The molecule has 0 aliphatic heterocycles. The van der Waals surface area contributed by atoms with Gasteiger partial charge in [-0.25, -0.2) is 0 Å². The van der Waals surface area contributed by atoms with Crippen LogP contribution >= 0.6 is 0 Å². The van der Waals surface area contributed by atoms with Crippen molar-refractivity contribution in [2.24, 2.45) is 5.73 Å². The van der Waals surface area contributed by atoms with Crippen molar-refractivity contribution in [3.05, 3.63) is 0 Å². The van der Waals surface area contributed by atoms with Gasteiger partial charge >= 0.3 is 49.5 Å². The fraction of sp³-hybridized carbons (Fsp3) is 0.500. The number of halogens is 7. The Balaban J connectivity index is -0.00000000178. The minimum absolute atomic E-state index is 0. The van der Waals surface area contributed by atoms with Gasteiger partial charge < -0.3 is 103 Å². The minimum atomic E-state index is -0.968. The van der Waals surface area contributed by atoms with Crippen LogP contribution in [0.25, 0.3) is 0 Å². The number of carboxylic acid groups (broad SMARTS) is 1. The number of hydrogen-bond acceptors (Lipinski definition) is 2. The first-order chi connectivity index (χ1) is 2.27. The van der Waals surface area contributed by atoms with Gasteiger partial charge in [0.05, 0.1) is 6.54 Å². The second-order valence-electron chi connectivity index (χ2n) is 0.598. The van der Waals surface area contributed by atoms with Crippen molar-refractivity contribution >= 4 is 23.3 Å². The van der Waals surface area contributed by atoms with Gasteiger partial charge in [-0.3, -0.25) is 4.79 Å². The largest absolute Gasteiger partial charge is 4.00 e. The standard InChI is InChI=1S/C2H5NO2.Al.7ClH.H2O.Zr/c3-1-2(4)5;;;;;;;;;;/h1,3H2,(H,4,5);;7*1H;1H2;/q;+3;;;;;;;;;+4/p-7. The average Bonchev–Trinajstić information content (AvgIpc) is 1.38. The first-order valence-corrected chi connectivity index (χ1v) is 1.19. The molecule has 0 rings (SSSR count). The van der Waals surface area contributed by atoms with Crippen LogP contribution in [0, 0.1) is 0 Å². The molecule has 0 aromatic rings. The molecule has 4 nitrogen and oxygen atoms in total. The summed E-state index contributed by atoms with van der Waals surface area (Å²) in [6.45, 7) is -0.278. The molecule has 0 spiro atoms. The SMILES string of the molecule is NCC(=O)O.O.[Al+3].[Cl-].[Cl-].[Cl-].[Cl-].[Cl-].[Cl-].[Cl-].[Zr+4]. The summed E-state index contributed by atoms with van der Waals surface area (Å²) in [5.74, 6) is -0.968. The van der Waals surface area contributed by atoms with Gasteiger partial charge in [-0.2, -0.15) is 0 Å². The Morgan fingerprint density at radius 1 is 0.933 bits per heavy atom. The van der Waals surface area contributed by atoms with E-state index in [4.69, 9.17) is 5.11 Å². The summed E-state index contributed by atoms with van der Waals surface area (Å²) in [6.07, 6.45) is 0. The Morgan fingerprint density at radius 3 is 1.00 bits per heavy atom. The van der Waals surface area contributed by atoms with E-state index in [0.29, 0.717) is 0 Å². The zero-order valence-corrected chi connectivity index (χ0v) is 15.8. The Kier molecular flexibility index (Phi) is 652. The summed E-state index contributed by atoms with van der Waals surface area (Å²) in [4.78, 5) is 9.24. The second-order valence-corrected chi connectivity index (χ2v) is 0.598. The molecule has 5 N–H and O–H groups in total. The minimum Gasteiger partial charge on any atom is -1.00 e. The molecule has 94 valence electrons. The van der Waals surface area contributed by atoms with Crippen LogP contribution in [0.2, 0.25) is 0 Å². The van der Waals surface area contributed by atoms with Gasteiger partial charge in [-0.15, -0.1) is 0 Å². The third-order valence-electron chi connectivity index (χ3n) is 0.175. The maximum atomic E-state index is 9.24. The van der Waals surface area contributed by atoms with Crippen LogP contribution in [-0.2, 0) is 31.0 Å². The number of carboxylic acids is 1. The van der Waals surface area contributed by atoms with Crippen molar-refractivity contribution in [1.29, 1.82) is 0 Å². The third-order valence-corrected chi connectivity index (χ3v) is 0.175. The molecule has 15 heavy (non-hydrogen) atoms. The summed E-state index contributed by atoms with van der Waals surface area (Å²) in [7, 11) is 0. The molecule has 0 unspecified atom stereocenters. The van der Waals surface area contributed by atoms with E-state index in [1.807, 2.05) is 0 Å². The van der Waals surface area contributed by atoms with Crippen molar-refractivity contribution in [2.75, 3.05) is 6.54 Å². The molecule has 0 fully saturated rings. The van der Waals surface area contributed by atoms with Crippen molar-refractivity contribution < 1.29 is 128 Å². The number of carbonyl (C=O) groups is 1. The van der Waals surface area contributed by atoms with Crippen LogP contribution in [0.1, 0.15) is 0 Å². The van der Waals surface area contributed by atoms with E-state index in [0.717, 1.165) is 0 Å². The molecule has 0 saturated heterocycles. The monoisotopic (exact) mass is 455 g/mol. The topological polar surface area (TPSA) is 94.8 Å². The van der Waals surface area contributed by atoms with Crippen LogP contribution in [0.4, 0.5) is 0 Å². The van der Waals surface area contributed by atoms with Crippen LogP contribution < -0.4 is 92.6 Å². The fourth-order valence-electron chi connectivity index (χ4n) is 0. The first kappa shape index (κ1) is 108. The van der Waals surface area contributed by atoms with E-state index in [9.17, 15) is 4.79 Å². The van der Waals surface area contributed by atoms with Gasteiger partial charge in [0.2, 0.25) is 0 Å². The molecule has 0 aliphatic carbocycles. The zero-order valence-electron chi connectivity index (χ0n) is 6.86. The van der Waals surface area contributed by atoms with Crippen molar-refractivity contribution in [3.8, 4) is 0 Å². The summed E-state index contributed by atoms with van der Waals surface area (Å²) < 4.78 is 0. The van der Waals surface area contributed by atoms with E-state index in [1.165, 1.54) is 0 Å². The molecule has 0 aromatic heterocycles. The molecule has 0 bridgehead atoms. The van der Waals surface area contributed by atoms with Crippen molar-refractivity contribution in [2.45, 2.75) is 0 Å². The van der Waals surface area contributed by atoms with Crippen LogP contribution in [-0.4, -0.2) is 40.5 Å². The molecular weight excluding hydrogens is 452 g/mol. The smallest absolute Gasteiger partial charge is 1.00 e. The van der Waals surface area contributed by atoms with Gasteiger partial charge in [-0.1, -0.05) is 0 Å². The summed E-state index contributed by atoms with van der Waals surface area (Å²) in [6, 6.07) is 0. The van der Waals surface area contributed by atoms with E-state index in [-0.39, 0.29) is 142 Å². The Morgan fingerprint density at radius 2 is 1.00 bits per heavy atom. The summed E-state index contributed by atoms with van der Waals surface area (Å²) >= 11 is 0. The van der Waals surface area contributed by atoms with E-state index in [1.54, 1.807) is 0 Å². The normalized spacial score (nSPS) is 2.47. The molecule has 13 heteroatoms. The predicted molar refractivity (Wildman–Crippen MR) is 26.1 cm³/mol. The Bertz CT molecular complexity index is 67.5. The van der Waals surface area contributed by atoms with E-state index >= 15 is 0 Å². The molecule has 0 saturated carbocycles. The van der Waals surface area contributed by atoms with E-state index < -0.39 is 5.97 Å². The molecule has 0 atom stereocenters. The Hall–Kier alpha value is 2.84. The van der Waals surface area contributed by atoms with Crippen molar-refractivity contribution in [3.63, 3.8) is 0 Å². The predicted octanol–water partition coefficient (Wildman–Crippen LogP) is -23.2. The van der Waals surface area contributed by atoms with Gasteiger partial charge in [0.15, 0.2) is 0 Å². The van der Waals surface area contributed by atoms with Gasteiger partial charge in [-0.05, 0) is 0 Å². The van der Waals surface area contributed by atoms with Gasteiger partial charge in [0.25, 0.3) is 0 Å². The third kappa shape index (κ3) is 158. The van der Waals surface area contributed by atoms with Gasteiger partial charge in [0, 0.05) is 0 Å². The Labute approximate surface area is 162 Å². The number of rotatable bonds is 1. The maximum Gasteiger partial charge on any atom is 4.00 e. The number of nitrogens with two attached hydrogens (primary N) is 1. The molecule has 0 amide bonds. The maximum absolute atomic E-state index is 9.24. The summed E-state index contributed by atoms with van der Waals surface area (Å²) in [5.41, 5.74) is 4.57. The van der Waals surface area contributed by atoms with E-state index in [2.05, 4.69) is 5.73 Å². The average molecular weight is 459 g/mol. The first-order valence-electron chi connectivity index (χ1n) is 1.19. The van der Waals surface area contributed by atoms with Crippen LogP contribution in [0.15, 0.2) is 0 Å². The molecule has 0 aromatic carbocycles. The van der Waals surface area contributed by atoms with Crippen LogP contribution in [0.3, 0.4) is 0 Å².